The maximum atomic E-state index is 13.6. The van der Waals surface area contributed by atoms with E-state index < -0.39 is 17.4 Å². The van der Waals surface area contributed by atoms with Crippen LogP contribution in [0.25, 0.3) is 0 Å². The lowest BCUT2D eigenvalue weighted by atomic mass is 9.98. The lowest BCUT2D eigenvalue weighted by Crippen LogP contribution is -2.08. The van der Waals surface area contributed by atoms with Crippen molar-refractivity contribution in [3.8, 4) is 0 Å². The molecule has 0 unspecified atom stereocenters. The van der Waals surface area contributed by atoms with E-state index in [-0.39, 0.29) is 16.7 Å². The monoisotopic (exact) mass is 246 g/mol. The summed E-state index contributed by atoms with van der Waals surface area (Å²) in [6, 6.07) is 8.65. The van der Waals surface area contributed by atoms with Crippen LogP contribution in [0.3, 0.4) is 0 Å². The minimum atomic E-state index is -0.797. The molecule has 0 saturated heterocycles. The maximum absolute atomic E-state index is 13.6. The van der Waals surface area contributed by atoms with Crippen LogP contribution in [0.15, 0.2) is 42.5 Å². The Morgan fingerprint density at radius 2 is 1.78 bits per heavy atom. The summed E-state index contributed by atoms with van der Waals surface area (Å²) in [4.78, 5) is 22.8. The minimum absolute atomic E-state index is 0.00296. The number of carbonyl (C=O) groups excluding carboxylic acids is 2. The van der Waals surface area contributed by atoms with Gasteiger partial charge in [-0.05, 0) is 18.2 Å². The minimum Gasteiger partial charge on any atom is -0.298 e. The van der Waals surface area contributed by atoms with Gasteiger partial charge in [-0.2, -0.15) is 0 Å². The number of aldehydes is 1. The molecule has 0 bridgehead atoms. The van der Waals surface area contributed by atoms with Crippen molar-refractivity contribution in [3.63, 3.8) is 0 Å². The van der Waals surface area contributed by atoms with Crippen LogP contribution in [0.1, 0.15) is 26.3 Å². The molecule has 0 aliphatic heterocycles. The summed E-state index contributed by atoms with van der Waals surface area (Å²) < 4.78 is 26.6. The normalized spacial score (nSPS) is 10.1. The molecule has 90 valence electrons. The first-order chi connectivity index (χ1) is 8.63. The largest absolute Gasteiger partial charge is 0.298 e. The molecule has 0 N–H and O–H groups in total. The van der Waals surface area contributed by atoms with Gasteiger partial charge in [0.15, 0.2) is 12.1 Å². The quantitative estimate of drug-likeness (QED) is 0.616. The highest BCUT2D eigenvalue weighted by molar-refractivity contribution is 6.12. The summed E-state index contributed by atoms with van der Waals surface area (Å²) in [7, 11) is 0. The van der Waals surface area contributed by atoms with Crippen LogP contribution in [0.4, 0.5) is 8.78 Å². The Morgan fingerprint density at radius 1 is 1.06 bits per heavy atom. The Balaban J connectivity index is 2.56. The van der Waals surface area contributed by atoms with Gasteiger partial charge in [-0.15, -0.1) is 0 Å². The fourth-order valence-corrected chi connectivity index (χ4v) is 1.65. The average molecular weight is 246 g/mol. The van der Waals surface area contributed by atoms with Gasteiger partial charge < -0.3 is 0 Å². The van der Waals surface area contributed by atoms with Crippen molar-refractivity contribution < 1.29 is 18.4 Å². The van der Waals surface area contributed by atoms with Gasteiger partial charge in [0.1, 0.15) is 11.6 Å². The Kier molecular flexibility index (Phi) is 3.28. The van der Waals surface area contributed by atoms with E-state index in [9.17, 15) is 18.4 Å². The van der Waals surface area contributed by atoms with E-state index in [1.807, 2.05) is 0 Å². The molecular formula is C14H8F2O2. The molecule has 0 heterocycles. The lowest BCUT2D eigenvalue weighted by Gasteiger charge is -2.05. The topological polar surface area (TPSA) is 34.1 Å². The van der Waals surface area contributed by atoms with Crippen LogP contribution in [-0.4, -0.2) is 12.1 Å². The highest BCUT2D eigenvalue weighted by atomic mass is 19.1. The van der Waals surface area contributed by atoms with Crippen LogP contribution >= 0.6 is 0 Å². The van der Waals surface area contributed by atoms with Crippen LogP contribution < -0.4 is 0 Å². The van der Waals surface area contributed by atoms with Gasteiger partial charge in [-0.25, -0.2) is 8.78 Å². The summed E-state index contributed by atoms with van der Waals surface area (Å²) in [6.45, 7) is 0. The average Bonchev–Trinajstić information content (AvgIpc) is 2.37. The van der Waals surface area contributed by atoms with Crippen molar-refractivity contribution in [2.45, 2.75) is 0 Å². The summed E-state index contributed by atoms with van der Waals surface area (Å²) in [5.74, 6) is -2.10. The van der Waals surface area contributed by atoms with Crippen LogP contribution in [0.2, 0.25) is 0 Å². The van der Waals surface area contributed by atoms with Crippen LogP contribution in [0.5, 0.6) is 0 Å². The molecule has 2 rings (SSSR count). The third-order valence-corrected chi connectivity index (χ3v) is 2.49. The van der Waals surface area contributed by atoms with Gasteiger partial charge >= 0.3 is 0 Å². The van der Waals surface area contributed by atoms with Crippen molar-refractivity contribution in [1.29, 1.82) is 0 Å². The van der Waals surface area contributed by atoms with E-state index in [4.69, 9.17) is 0 Å². The van der Waals surface area contributed by atoms with Crippen LogP contribution in [0, 0.1) is 11.6 Å². The molecule has 18 heavy (non-hydrogen) atoms. The van der Waals surface area contributed by atoms with Crippen molar-refractivity contribution in [1.82, 2.24) is 0 Å². The second kappa shape index (κ2) is 4.87. The van der Waals surface area contributed by atoms with E-state index in [0.29, 0.717) is 6.29 Å². The van der Waals surface area contributed by atoms with Gasteiger partial charge in [-0.3, -0.25) is 9.59 Å². The lowest BCUT2D eigenvalue weighted by molar-refractivity contribution is 0.102. The smallest absolute Gasteiger partial charge is 0.196 e. The van der Waals surface area contributed by atoms with E-state index in [1.54, 1.807) is 0 Å². The maximum Gasteiger partial charge on any atom is 0.196 e. The molecule has 0 fully saturated rings. The number of hydrogen-bond acceptors (Lipinski definition) is 2. The fourth-order valence-electron chi connectivity index (χ4n) is 1.65. The highest BCUT2D eigenvalue weighted by Gasteiger charge is 2.18. The number of rotatable bonds is 3. The fraction of sp³-hybridized carbons (Fsp3) is 0. The summed E-state index contributed by atoms with van der Waals surface area (Å²) in [6.07, 6.45) is 0.398. The first kappa shape index (κ1) is 12.1. The predicted octanol–water partition coefficient (Wildman–Crippen LogP) is 3.01. The summed E-state index contributed by atoms with van der Waals surface area (Å²) in [5, 5.41) is 0. The highest BCUT2D eigenvalue weighted by Crippen LogP contribution is 2.17. The zero-order valence-corrected chi connectivity index (χ0v) is 9.19. The van der Waals surface area contributed by atoms with Gasteiger partial charge in [0, 0.05) is 11.1 Å². The molecule has 0 spiro atoms. The van der Waals surface area contributed by atoms with Gasteiger partial charge in [0.2, 0.25) is 0 Å². The third kappa shape index (κ3) is 2.18. The Morgan fingerprint density at radius 3 is 2.44 bits per heavy atom. The third-order valence-electron chi connectivity index (χ3n) is 2.49. The summed E-state index contributed by atoms with van der Waals surface area (Å²) in [5.41, 5.74) is -0.384. The standard InChI is InChI=1S/C14H8F2O2/c15-11-5-1-3-9(7-11)14(18)13-10(8-17)4-2-6-12(13)16/h1-8H. The van der Waals surface area contributed by atoms with Crippen molar-refractivity contribution in [2.75, 3.05) is 0 Å². The van der Waals surface area contributed by atoms with E-state index in [0.717, 1.165) is 12.1 Å². The molecule has 0 amide bonds. The van der Waals surface area contributed by atoms with Crippen molar-refractivity contribution >= 4 is 12.1 Å². The first-order valence-electron chi connectivity index (χ1n) is 5.17. The molecule has 2 aromatic carbocycles. The molecule has 0 atom stereocenters. The predicted molar refractivity (Wildman–Crippen MR) is 61.6 cm³/mol. The number of benzene rings is 2. The molecule has 0 aliphatic carbocycles. The summed E-state index contributed by atoms with van der Waals surface area (Å²) >= 11 is 0. The molecule has 2 nitrogen and oxygen atoms in total. The molecule has 2 aromatic rings. The SMILES string of the molecule is O=Cc1cccc(F)c1C(=O)c1cccc(F)c1. The zero-order chi connectivity index (χ0) is 13.1. The number of halogens is 2. The van der Waals surface area contributed by atoms with Gasteiger partial charge in [0.05, 0.1) is 5.56 Å². The van der Waals surface area contributed by atoms with E-state index in [2.05, 4.69) is 0 Å². The number of carbonyl (C=O) groups is 2. The Labute approximate surface area is 102 Å². The van der Waals surface area contributed by atoms with Crippen molar-refractivity contribution in [2.24, 2.45) is 0 Å². The van der Waals surface area contributed by atoms with Crippen LogP contribution in [-0.2, 0) is 0 Å². The zero-order valence-electron chi connectivity index (χ0n) is 9.19. The Hall–Kier alpha value is -2.36. The Bertz CT molecular complexity index is 621. The van der Waals surface area contributed by atoms with E-state index >= 15 is 0 Å². The first-order valence-corrected chi connectivity index (χ1v) is 5.17. The molecule has 4 heteroatoms. The molecular weight excluding hydrogens is 238 g/mol. The van der Waals surface area contributed by atoms with Gasteiger partial charge in [-0.1, -0.05) is 24.3 Å². The number of ketones is 1. The number of hydrogen-bond donors (Lipinski definition) is 0. The molecule has 0 aliphatic rings. The molecule has 0 aromatic heterocycles. The second-order valence-corrected chi connectivity index (χ2v) is 3.66. The van der Waals surface area contributed by atoms with Crippen molar-refractivity contribution in [3.05, 3.63) is 70.8 Å². The van der Waals surface area contributed by atoms with Gasteiger partial charge in [0.25, 0.3) is 0 Å². The second-order valence-electron chi connectivity index (χ2n) is 3.66. The molecule has 0 radical (unpaired) electrons. The van der Waals surface area contributed by atoms with E-state index in [1.165, 1.54) is 30.3 Å². The molecule has 0 saturated carbocycles.